The lowest BCUT2D eigenvalue weighted by Crippen LogP contribution is -2.46. The number of rotatable bonds is 3. The van der Waals surface area contributed by atoms with E-state index in [0.717, 1.165) is 37.1 Å². The molecule has 0 bridgehead atoms. The highest BCUT2D eigenvalue weighted by Gasteiger charge is 2.15. The molecule has 4 heteroatoms. The summed E-state index contributed by atoms with van der Waals surface area (Å²) < 4.78 is 1.12. The van der Waals surface area contributed by atoms with Gasteiger partial charge in [-0.2, -0.15) is 0 Å². The van der Waals surface area contributed by atoms with Crippen LogP contribution in [0.25, 0.3) is 0 Å². The van der Waals surface area contributed by atoms with Crippen LogP contribution in [0.2, 0.25) is 0 Å². The summed E-state index contributed by atoms with van der Waals surface area (Å²) >= 11 is 3.49. The van der Waals surface area contributed by atoms with E-state index in [1.54, 1.807) is 0 Å². The highest BCUT2D eigenvalue weighted by molar-refractivity contribution is 9.10. The fourth-order valence-electron chi connectivity index (χ4n) is 2.19. The second kappa shape index (κ2) is 6.34. The van der Waals surface area contributed by atoms with Crippen LogP contribution >= 0.6 is 15.9 Å². The molecular weight excluding hydrogens is 292 g/mol. The molecule has 0 radical (unpaired) electrons. The molecule has 3 nitrogen and oxygen atoms in total. The normalized spacial score (nSPS) is 15.8. The summed E-state index contributed by atoms with van der Waals surface area (Å²) in [5.41, 5.74) is 2.46. The van der Waals surface area contributed by atoms with E-state index in [9.17, 15) is 4.79 Å². The standard InChI is InChI=1S/C14H19BrN2O/c1-11-10-12(2-4-13(11)15)3-5-14(18)17-8-6-16-7-9-17/h2,4,10,16H,3,5-9H2,1H3. The number of nitrogens with zero attached hydrogens (tertiary/aromatic N) is 1. The lowest BCUT2D eigenvalue weighted by atomic mass is 10.1. The van der Waals surface area contributed by atoms with E-state index in [1.165, 1.54) is 11.1 Å². The van der Waals surface area contributed by atoms with Gasteiger partial charge >= 0.3 is 0 Å². The van der Waals surface area contributed by atoms with Gasteiger partial charge in [-0.05, 0) is 30.5 Å². The second-order valence-electron chi connectivity index (χ2n) is 4.71. The first-order valence-electron chi connectivity index (χ1n) is 6.40. The minimum absolute atomic E-state index is 0.275. The first-order valence-corrected chi connectivity index (χ1v) is 7.19. The lowest BCUT2D eigenvalue weighted by Gasteiger charge is -2.27. The summed E-state index contributed by atoms with van der Waals surface area (Å²) in [6.07, 6.45) is 1.44. The topological polar surface area (TPSA) is 32.3 Å². The average Bonchev–Trinajstić information content (AvgIpc) is 2.41. The van der Waals surface area contributed by atoms with Crippen molar-refractivity contribution in [1.29, 1.82) is 0 Å². The molecule has 1 aliphatic rings. The van der Waals surface area contributed by atoms with Crippen LogP contribution in [-0.2, 0) is 11.2 Å². The van der Waals surface area contributed by atoms with Gasteiger partial charge < -0.3 is 10.2 Å². The third-order valence-corrected chi connectivity index (χ3v) is 4.21. The maximum absolute atomic E-state index is 12.0. The molecule has 0 unspecified atom stereocenters. The summed E-state index contributed by atoms with van der Waals surface area (Å²) in [5.74, 6) is 0.275. The maximum atomic E-state index is 12.0. The van der Waals surface area contributed by atoms with Crippen LogP contribution in [0.4, 0.5) is 0 Å². The predicted octanol–water partition coefficient (Wildman–Crippen LogP) is 2.12. The number of nitrogens with one attached hydrogen (secondary N) is 1. The van der Waals surface area contributed by atoms with Gasteiger partial charge in [0.25, 0.3) is 0 Å². The summed E-state index contributed by atoms with van der Waals surface area (Å²) in [7, 11) is 0. The zero-order chi connectivity index (χ0) is 13.0. The van der Waals surface area contributed by atoms with Gasteiger partial charge in [0.1, 0.15) is 0 Å². The summed E-state index contributed by atoms with van der Waals surface area (Å²) in [4.78, 5) is 14.0. The Bertz CT molecular complexity index is 428. The first kappa shape index (κ1) is 13.6. The number of aryl methyl sites for hydroxylation is 2. The molecule has 0 aromatic heterocycles. The van der Waals surface area contributed by atoms with Crippen molar-refractivity contribution >= 4 is 21.8 Å². The van der Waals surface area contributed by atoms with Gasteiger partial charge in [-0.25, -0.2) is 0 Å². The number of halogens is 1. The fraction of sp³-hybridized carbons (Fsp3) is 0.500. The SMILES string of the molecule is Cc1cc(CCC(=O)N2CCNCC2)ccc1Br. The number of benzene rings is 1. The Morgan fingerprint density at radius 3 is 2.78 bits per heavy atom. The van der Waals surface area contributed by atoms with Crippen LogP contribution in [0.15, 0.2) is 22.7 Å². The van der Waals surface area contributed by atoms with Crippen LogP contribution < -0.4 is 5.32 Å². The van der Waals surface area contributed by atoms with E-state index in [0.29, 0.717) is 6.42 Å². The first-order chi connectivity index (χ1) is 8.66. The van der Waals surface area contributed by atoms with E-state index in [4.69, 9.17) is 0 Å². The molecule has 0 atom stereocenters. The number of hydrogen-bond acceptors (Lipinski definition) is 2. The van der Waals surface area contributed by atoms with Gasteiger partial charge in [-0.3, -0.25) is 4.79 Å². The Morgan fingerprint density at radius 1 is 1.39 bits per heavy atom. The van der Waals surface area contributed by atoms with E-state index in [1.807, 2.05) is 4.90 Å². The van der Waals surface area contributed by atoms with Crippen LogP contribution in [0, 0.1) is 6.92 Å². The van der Waals surface area contributed by atoms with Gasteiger partial charge in [0.15, 0.2) is 0 Å². The van der Waals surface area contributed by atoms with Gasteiger partial charge in [-0.15, -0.1) is 0 Å². The van der Waals surface area contributed by atoms with E-state index in [2.05, 4.69) is 46.4 Å². The van der Waals surface area contributed by atoms with Gasteiger partial charge in [0.2, 0.25) is 5.91 Å². The van der Waals surface area contributed by atoms with E-state index >= 15 is 0 Å². The highest BCUT2D eigenvalue weighted by atomic mass is 79.9. The monoisotopic (exact) mass is 310 g/mol. The van der Waals surface area contributed by atoms with Crippen molar-refractivity contribution in [3.05, 3.63) is 33.8 Å². The molecule has 0 spiro atoms. The van der Waals surface area contributed by atoms with Crippen molar-refractivity contribution < 1.29 is 4.79 Å². The van der Waals surface area contributed by atoms with Crippen molar-refractivity contribution in [1.82, 2.24) is 10.2 Å². The predicted molar refractivity (Wildman–Crippen MR) is 76.6 cm³/mol. The fourth-order valence-corrected chi connectivity index (χ4v) is 2.43. The summed E-state index contributed by atoms with van der Waals surface area (Å²) in [6.45, 7) is 5.61. The third kappa shape index (κ3) is 3.56. The molecule has 1 aromatic rings. The van der Waals surface area contributed by atoms with Crippen LogP contribution in [0.5, 0.6) is 0 Å². The number of hydrogen-bond donors (Lipinski definition) is 1. The van der Waals surface area contributed by atoms with E-state index < -0.39 is 0 Å². The summed E-state index contributed by atoms with van der Waals surface area (Å²) in [6, 6.07) is 6.29. The molecule has 1 amide bonds. The third-order valence-electron chi connectivity index (χ3n) is 3.32. The molecule has 0 aliphatic carbocycles. The van der Waals surface area contributed by atoms with Gasteiger partial charge in [-0.1, -0.05) is 28.1 Å². The van der Waals surface area contributed by atoms with Crippen molar-refractivity contribution in [2.45, 2.75) is 19.8 Å². The van der Waals surface area contributed by atoms with E-state index in [-0.39, 0.29) is 5.91 Å². The van der Waals surface area contributed by atoms with Crippen molar-refractivity contribution in [2.75, 3.05) is 26.2 Å². The molecule has 1 N–H and O–H groups in total. The summed E-state index contributed by atoms with van der Waals surface area (Å²) in [5, 5.41) is 3.26. The average molecular weight is 311 g/mol. The maximum Gasteiger partial charge on any atom is 0.222 e. The minimum atomic E-state index is 0.275. The highest BCUT2D eigenvalue weighted by Crippen LogP contribution is 2.18. The van der Waals surface area contributed by atoms with Gasteiger partial charge in [0, 0.05) is 37.1 Å². The zero-order valence-corrected chi connectivity index (χ0v) is 12.3. The molecule has 1 aromatic carbocycles. The molecule has 98 valence electrons. The zero-order valence-electron chi connectivity index (χ0n) is 10.7. The Labute approximate surface area is 117 Å². The van der Waals surface area contributed by atoms with Crippen LogP contribution in [0.1, 0.15) is 17.5 Å². The molecule has 0 saturated carbocycles. The number of carbonyl (C=O) groups excluding carboxylic acids is 1. The molecule has 1 saturated heterocycles. The Morgan fingerprint density at radius 2 is 2.11 bits per heavy atom. The smallest absolute Gasteiger partial charge is 0.222 e. The Hall–Kier alpha value is -0.870. The van der Waals surface area contributed by atoms with Crippen LogP contribution in [0.3, 0.4) is 0 Å². The molecular formula is C14H19BrN2O. The molecule has 1 aliphatic heterocycles. The van der Waals surface area contributed by atoms with Crippen molar-refractivity contribution in [2.24, 2.45) is 0 Å². The Kier molecular flexibility index (Phi) is 4.78. The second-order valence-corrected chi connectivity index (χ2v) is 5.57. The van der Waals surface area contributed by atoms with Crippen molar-refractivity contribution in [3.8, 4) is 0 Å². The minimum Gasteiger partial charge on any atom is -0.340 e. The molecule has 1 fully saturated rings. The molecule has 18 heavy (non-hydrogen) atoms. The van der Waals surface area contributed by atoms with Crippen molar-refractivity contribution in [3.63, 3.8) is 0 Å². The quantitative estimate of drug-likeness (QED) is 0.927. The Balaban J connectivity index is 1.86. The molecule has 1 heterocycles. The number of piperazine rings is 1. The lowest BCUT2D eigenvalue weighted by molar-refractivity contribution is -0.131. The van der Waals surface area contributed by atoms with Crippen LogP contribution in [-0.4, -0.2) is 37.0 Å². The number of carbonyl (C=O) groups is 1. The number of amides is 1. The molecule has 2 rings (SSSR count). The van der Waals surface area contributed by atoms with Gasteiger partial charge in [0.05, 0.1) is 0 Å². The largest absolute Gasteiger partial charge is 0.340 e.